The highest BCUT2D eigenvalue weighted by molar-refractivity contribution is 6.30. The van der Waals surface area contributed by atoms with Crippen LogP contribution >= 0.6 is 11.6 Å². The largest absolute Gasteiger partial charge is 0.496 e. The van der Waals surface area contributed by atoms with E-state index in [-0.39, 0.29) is 12.1 Å². The monoisotopic (exact) mass is 335 g/mol. The van der Waals surface area contributed by atoms with Crippen LogP contribution in [0.1, 0.15) is 17.0 Å². The highest BCUT2D eigenvalue weighted by Gasteiger charge is 2.24. The summed E-state index contributed by atoms with van der Waals surface area (Å²) in [6.07, 6.45) is 0.171. The Labute approximate surface area is 137 Å². The average Bonchev–Trinajstić information content (AvgIpc) is 2.52. The van der Waals surface area contributed by atoms with Gasteiger partial charge >= 0.3 is 5.97 Å². The molecule has 1 N–H and O–H groups in total. The first-order valence-electron chi connectivity index (χ1n) is 6.72. The van der Waals surface area contributed by atoms with Crippen LogP contribution in [-0.4, -0.2) is 23.1 Å². The van der Waals surface area contributed by atoms with Crippen molar-refractivity contribution in [1.29, 1.82) is 0 Å². The van der Waals surface area contributed by atoms with Crippen molar-refractivity contribution in [1.82, 2.24) is 0 Å². The molecule has 1 unspecified atom stereocenters. The Bertz CT molecular complexity index is 730. The number of halogens is 1. The molecular weight excluding hydrogens is 322 g/mol. The highest BCUT2D eigenvalue weighted by Crippen LogP contribution is 2.32. The topological polar surface area (TPSA) is 89.7 Å². The molecule has 2 aromatic carbocycles. The molecule has 0 amide bonds. The van der Waals surface area contributed by atoms with E-state index in [0.29, 0.717) is 21.9 Å². The van der Waals surface area contributed by atoms with Crippen LogP contribution in [0.2, 0.25) is 5.02 Å². The highest BCUT2D eigenvalue weighted by atomic mass is 35.5. The van der Waals surface area contributed by atoms with Gasteiger partial charge in [-0.05, 0) is 30.2 Å². The molecule has 7 heteroatoms. The second kappa shape index (κ2) is 7.11. The van der Waals surface area contributed by atoms with Gasteiger partial charge < -0.3 is 9.84 Å². The van der Waals surface area contributed by atoms with Gasteiger partial charge in [0.05, 0.1) is 18.0 Å². The molecule has 0 heterocycles. The van der Waals surface area contributed by atoms with E-state index in [1.807, 2.05) is 0 Å². The molecule has 0 saturated carbocycles. The van der Waals surface area contributed by atoms with E-state index in [2.05, 4.69) is 0 Å². The van der Waals surface area contributed by atoms with Crippen molar-refractivity contribution in [2.75, 3.05) is 7.11 Å². The zero-order valence-electron chi connectivity index (χ0n) is 12.2. The van der Waals surface area contributed by atoms with Gasteiger partial charge in [-0.3, -0.25) is 14.9 Å². The molecule has 6 nitrogen and oxygen atoms in total. The van der Waals surface area contributed by atoms with Gasteiger partial charge in [-0.25, -0.2) is 0 Å². The zero-order chi connectivity index (χ0) is 17.0. The number of aliphatic carboxylic acids is 1. The van der Waals surface area contributed by atoms with Crippen molar-refractivity contribution < 1.29 is 19.6 Å². The number of non-ortho nitro benzene ring substituents is 1. The van der Waals surface area contributed by atoms with E-state index >= 15 is 0 Å². The molecule has 0 bridgehead atoms. The molecule has 0 aliphatic rings. The first kappa shape index (κ1) is 16.8. The molecule has 0 aliphatic carbocycles. The predicted molar refractivity (Wildman–Crippen MR) is 85.2 cm³/mol. The lowest BCUT2D eigenvalue weighted by molar-refractivity contribution is -0.384. The summed E-state index contributed by atoms with van der Waals surface area (Å²) in [4.78, 5) is 21.8. The van der Waals surface area contributed by atoms with E-state index < -0.39 is 16.8 Å². The van der Waals surface area contributed by atoms with E-state index in [4.69, 9.17) is 16.3 Å². The van der Waals surface area contributed by atoms with Crippen molar-refractivity contribution in [2.45, 2.75) is 12.3 Å². The molecular formula is C16H14ClNO5. The van der Waals surface area contributed by atoms with E-state index in [1.165, 1.54) is 19.2 Å². The number of hydrogen-bond acceptors (Lipinski definition) is 4. The number of ether oxygens (including phenoxy) is 1. The van der Waals surface area contributed by atoms with Gasteiger partial charge in [-0.1, -0.05) is 23.7 Å². The minimum Gasteiger partial charge on any atom is -0.496 e. The van der Waals surface area contributed by atoms with Gasteiger partial charge in [0.15, 0.2) is 0 Å². The Morgan fingerprint density at radius 3 is 2.48 bits per heavy atom. The van der Waals surface area contributed by atoms with Gasteiger partial charge in [0.2, 0.25) is 0 Å². The fourth-order valence-corrected chi connectivity index (χ4v) is 2.48. The summed E-state index contributed by atoms with van der Waals surface area (Å²) < 4.78 is 5.21. The normalized spacial score (nSPS) is 11.7. The second-order valence-electron chi connectivity index (χ2n) is 4.90. The minimum absolute atomic E-state index is 0.0408. The van der Waals surface area contributed by atoms with Crippen LogP contribution < -0.4 is 4.74 Å². The molecule has 0 aliphatic heterocycles. The summed E-state index contributed by atoms with van der Waals surface area (Å²) >= 11 is 5.96. The van der Waals surface area contributed by atoms with Gasteiger partial charge in [0.25, 0.3) is 5.69 Å². The first-order chi connectivity index (χ1) is 10.9. The molecule has 0 fully saturated rings. The van der Waals surface area contributed by atoms with Crippen molar-refractivity contribution in [2.24, 2.45) is 0 Å². The summed E-state index contributed by atoms with van der Waals surface area (Å²) in [7, 11) is 1.46. The fraction of sp³-hybridized carbons (Fsp3) is 0.188. The average molecular weight is 336 g/mol. The van der Waals surface area contributed by atoms with Crippen LogP contribution in [0, 0.1) is 10.1 Å². The lowest BCUT2D eigenvalue weighted by Gasteiger charge is -2.16. The van der Waals surface area contributed by atoms with Gasteiger partial charge in [0, 0.05) is 22.7 Å². The summed E-state index contributed by atoms with van der Waals surface area (Å²) in [5.41, 5.74) is 1.09. The smallest absolute Gasteiger partial charge is 0.311 e. The first-order valence-corrected chi connectivity index (χ1v) is 7.09. The molecule has 0 saturated heterocycles. The van der Waals surface area contributed by atoms with Crippen LogP contribution in [0.3, 0.4) is 0 Å². The van der Waals surface area contributed by atoms with Crippen molar-refractivity contribution in [3.8, 4) is 5.75 Å². The zero-order valence-corrected chi connectivity index (χ0v) is 13.0. The molecule has 23 heavy (non-hydrogen) atoms. The van der Waals surface area contributed by atoms with E-state index in [0.717, 1.165) is 0 Å². The quantitative estimate of drug-likeness (QED) is 0.642. The molecule has 2 rings (SSSR count). The summed E-state index contributed by atoms with van der Waals surface area (Å²) in [6, 6.07) is 10.6. The van der Waals surface area contributed by atoms with E-state index in [1.54, 1.807) is 30.3 Å². The lowest BCUT2D eigenvalue weighted by Crippen LogP contribution is -2.15. The number of carbonyl (C=O) groups is 1. The molecule has 2 aromatic rings. The maximum absolute atomic E-state index is 11.7. The second-order valence-corrected chi connectivity index (χ2v) is 5.34. The number of hydrogen-bond donors (Lipinski definition) is 1. The Kier molecular flexibility index (Phi) is 5.18. The maximum Gasteiger partial charge on any atom is 0.311 e. The van der Waals surface area contributed by atoms with Crippen LogP contribution in [0.15, 0.2) is 42.5 Å². The van der Waals surface area contributed by atoms with Crippen LogP contribution in [-0.2, 0) is 11.2 Å². The third-order valence-electron chi connectivity index (χ3n) is 3.45. The molecule has 1 atom stereocenters. The minimum atomic E-state index is -1.02. The number of nitro groups is 1. The Balaban J connectivity index is 2.34. The molecule has 0 spiro atoms. The number of benzene rings is 2. The summed E-state index contributed by atoms with van der Waals surface area (Å²) in [5, 5.41) is 20.6. The Morgan fingerprint density at radius 2 is 1.96 bits per heavy atom. The van der Waals surface area contributed by atoms with Gasteiger partial charge in [-0.15, -0.1) is 0 Å². The lowest BCUT2D eigenvalue weighted by atomic mass is 9.91. The predicted octanol–water partition coefficient (Wildman–Crippen LogP) is 3.67. The maximum atomic E-state index is 11.7. The van der Waals surface area contributed by atoms with Crippen molar-refractivity contribution in [3.63, 3.8) is 0 Å². The number of nitro benzene ring substituents is 1. The van der Waals surface area contributed by atoms with E-state index in [9.17, 15) is 20.0 Å². The van der Waals surface area contributed by atoms with Crippen LogP contribution in [0.4, 0.5) is 5.69 Å². The number of carboxylic acid groups (broad SMARTS) is 1. The van der Waals surface area contributed by atoms with Crippen molar-refractivity contribution >= 4 is 23.3 Å². The van der Waals surface area contributed by atoms with Crippen LogP contribution in [0.25, 0.3) is 0 Å². The molecule has 0 aromatic heterocycles. The SMILES string of the molecule is COc1ccc(Cl)cc1C(Cc1ccc([N+](=O)[O-])cc1)C(=O)O. The number of methoxy groups -OCH3 is 1. The van der Waals surface area contributed by atoms with Crippen LogP contribution in [0.5, 0.6) is 5.75 Å². The number of rotatable bonds is 6. The summed E-state index contributed by atoms with van der Waals surface area (Å²) in [6.45, 7) is 0. The third kappa shape index (κ3) is 3.98. The van der Waals surface area contributed by atoms with Crippen molar-refractivity contribution in [3.05, 3.63) is 68.7 Å². The molecule has 120 valence electrons. The van der Waals surface area contributed by atoms with Gasteiger partial charge in [-0.2, -0.15) is 0 Å². The summed E-state index contributed by atoms with van der Waals surface area (Å²) in [5.74, 6) is -1.46. The fourth-order valence-electron chi connectivity index (χ4n) is 2.30. The number of carboxylic acids is 1. The number of nitrogens with zero attached hydrogens (tertiary/aromatic N) is 1. The van der Waals surface area contributed by atoms with Gasteiger partial charge in [0.1, 0.15) is 5.75 Å². The Hall–Kier alpha value is -2.60. The Morgan fingerprint density at radius 1 is 1.30 bits per heavy atom. The molecule has 0 radical (unpaired) electrons. The third-order valence-corrected chi connectivity index (χ3v) is 3.69. The standard InChI is InChI=1S/C16H14ClNO5/c1-23-15-7-4-11(17)9-13(15)14(16(19)20)8-10-2-5-12(6-3-10)18(21)22/h2-7,9,14H,8H2,1H3,(H,19,20).